The number of hydrogen-bond acceptors (Lipinski definition) is 7. The van der Waals surface area contributed by atoms with Crippen molar-refractivity contribution >= 4 is 46.6 Å². The predicted octanol–water partition coefficient (Wildman–Crippen LogP) is 2.92. The van der Waals surface area contributed by atoms with Crippen molar-refractivity contribution in [3.05, 3.63) is 45.8 Å². The summed E-state index contributed by atoms with van der Waals surface area (Å²) >= 11 is 1.48. The second-order valence-corrected chi connectivity index (χ2v) is 8.64. The molecule has 1 fully saturated rings. The summed E-state index contributed by atoms with van der Waals surface area (Å²) in [7, 11) is 0. The molecule has 1 unspecified atom stereocenters. The minimum atomic E-state index is -0.694. The van der Waals surface area contributed by atoms with Gasteiger partial charge in [0.15, 0.2) is 0 Å². The van der Waals surface area contributed by atoms with Crippen molar-refractivity contribution in [1.82, 2.24) is 9.88 Å². The molecule has 2 atom stereocenters. The van der Waals surface area contributed by atoms with Crippen molar-refractivity contribution < 1.29 is 9.59 Å². The van der Waals surface area contributed by atoms with Crippen LogP contribution in [0.4, 0.5) is 11.5 Å². The summed E-state index contributed by atoms with van der Waals surface area (Å²) in [6.07, 6.45) is 5.85. The van der Waals surface area contributed by atoms with E-state index in [1.54, 1.807) is 17.9 Å². The van der Waals surface area contributed by atoms with E-state index in [-0.39, 0.29) is 6.04 Å². The van der Waals surface area contributed by atoms with Crippen molar-refractivity contribution in [2.24, 2.45) is 11.7 Å². The first-order chi connectivity index (χ1) is 14.3. The van der Waals surface area contributed by atoms with E-state index in [1.807, 2.05) is 12.1 Å². The number of allylic oxidation sites excluding steroid dienone is 1. The molecule has 1 aliphatic heterocycles. The van der Waals surface area contributed by atoms with E-state index in [9.17, 15) is 9.59 Å². The zero-order valence-electron chi connectivity index (χ0n) is 17.0. The number of rotatable bonds is 4. The number of thiophene rings is 1. The Labute approximate surface area is 179 Å². The summed E-state index contributed by atoms with van der Waals surface area (Å²) in [5.41, 5.74) is 13.4. The maximum atomic E-state index is 13.0. The van der Waals surface area contributed by atoms with E-state index in [1.165, 1.54) is 23.6 Å². The number of nitrogens with one attached hydrogen (secondary N) is 2. The lowest BCUT2D eigenvalue weighted by Crippen LogP contribution is -2.46. The molecule has 3 heterocycles. The van der Waals surface area contributed by atoms with Crippen LogP contribution < -0.4 is 16.8 Å². The minimum absolute atomic E-state index is 0.183. The molecule has 30 heavy (non-hydrogen) atoms. The number of aryl methyl sites for hydroxylation is 1. The molecular formula is C21H26N6O2S. The van der Waals surface area contributed by atoms with E-state index >= 15 is 0 Å². The first-order valence-corrected chi connectivity index (χ1v) is 10.5. The van der Waals surface area contributed by atoms with Gasteiger partial charge in [0, 0.05) is 17.6 Å². The first kappa shape index (κ1) is 21.5. The van der Waals surface area contributed by atoms with Crippen LogP contribution in [0.3, 0.4) is 0 Å². The van der Waals surface area contributed by atoms with Crippen LogP contribution in [0, 0.1) is 18.3 Å². The van der Waals surface area contributed by atoms with Gasteiger partial charge in [-0.25, -0.2) is 4.98 Å². The standard InChI is InChI=1S/C21H26N6O2S/c1-12-3-4-16(18-6-5-17(30-18)15(23)7-8-22)27(11-12)21(29)20(28)26-14-9-13(2)19(24)25-10-14/h5-10,12,16,22H,3-4,11,23H2,1-2H3,(H2,24,25)(H,26,28)/b15-7-,22-8?/t12-,16?/m1/s1. The largest absolute Gasteiger partial charge is 0.398 e. The Balaban J connectivity index is 1.80. The van der Waals surface area contributed by atoms with Crippen LogP contribution in [-0.4, -0.2) is 34.5 Å². The summed E-state index contributed by atoms with van der Waals surface area (Å²) in [5, 5.41) is 9.81. The van der Waals surface area contributed by atoms with Gasteiger partial charge in [-0.3, -0.25) is 9.59 Å². The van der Waals surface area contributed by atoms with Gasteiger partial charge in [0.25, 0.3) is 0 Å². The number of aromatic nitrogens is 1. The Bertz CT molecular complexity index is 999. The number of likely N-dealkylation sites (tertiary alicyclic amines) is 1. The molecule has 0 aliphatic carbocycles. The lowest BCUT2D eigenvalue weighted by molar-refractivity contribution is -0.146. The predicted molar refractivity (Wildman–Crippen MR) is 120 cm³/mol. The van der Waals surface area contributed by atoms with Crippen molar-refractivity contribution in [3.8, 4) is 0 Å². The first-order valence-electron chi connectivity index (χ1n) is 9.70. The zero-order valence-corrected chi connectivity index (χ0v) is 17.8. The fraction of sp³-hybridized carbons (Fsp3) is 0.333. The highest BCUT2D eigenvalue weighted by Crippen LogP contribution is 2.37. The quantitative estimate of drug-likeness (QED) is 0.440. The highest BCUT2D eigenvalue weighted by Gasteiger charge is 2.35. The smallest absolute Gasteiger partial charge is 0.313 e. The van der Waals surface area contributed by atoms with Gasteiger partial charge in [-0.1, -0.05) is 6.92 Å². The van der Waals surface area contributed by atoms with Crippen LogP contribution in [0.5, 0.6) is 0 Å². The van der Waals surface area contributed by atoms with Crippen LogP contribution in [-0.2, 0) is 9.59 Å². The Morgan fingerprint density at radius 3 is 2.83 bits per heavy atom. The summed E-state index contributed by atoms with van der Waals surface area (Å²) < 4.78 is 0. The van der Waals surface area contributed by atoms with Gasteiger partial charge in [-0.2, -0.15) is 0 Å². The van der Waals surface area contributed by atoms with Crippen molar-refractivity contribution in [2.75, 3.05) is 17.6 Å². The van der Waals surface area contributed by atoms with Crippen LogP contribution in [0.25, 0.3) is 5.70 Å². The molecular weight excluding hydrogens is 400 g/mol. The SMILES string of the molecule is Cc1cc(NC(=O)C(=O)N2C[C@H](C)CCC2c2ccc(/C(N)=C/C=N)s2)cnc1N. The molecule has 158 valence electrons. The summed E-state index contributed by atoms with van der Waals surface area (Å²) in [5.74, 6) is -0.575. The number of carbonyl (C=O) groups excluding carboxylic acids is 2. The second-order valence-electron chi connectivity index (χ2n) is 7.53. The molecule has 0 saturated carbocycles. The van der Waals surface area contributed by atoms with E-state index in [0.29, 0.717) is 29.7 Å². The molecule has 1 saturated heterocycles. The zero-order chi connectivity index (χ0) is 21.8. The summed E-state index contributed by atoms with van der Waals surface area (Å²) in [4.78, 5) is 33.2. The van der Waals surface area contributed by atoms with Gasteiger partial charge in [0.1, 0.15) is 5.82 Å². The fourth-order valence-corrected chi connectivity index (χ4v) is 4.59. The average Bonchev–Trinajstić information content (AvgIpc) is 3.20. The Morgan fingerprint density at radius 2 is 2.13 bits per heavy atom. The van der Waals surface area contributed by atoms with Gasteiger partial charge in [0.2, 0.25) is 0 Å². The molecule has 9 heteroatoms. The third kappa shape index (κ3) is 4.68. The van der Waals surface area contributed by atoms with Crippen LogP contribution in [0.2, 0.25) is 0 Å². The number of amides is 2. The second kappa shape index (κ2) is 9.08. The molecule has 0 aromatic carbocycles. The molecule has 2 aromatic rings. The van der Waals surface area contributed by atoms with E-state index in [0.717, 1.165) is 34.4 Å². The van der Waals surface area contributed by atoms with Crippen LogP contribution in [0.1, 0.15) is 41.1 Å². The van der Waals surface area contributed by atoms with Gasteiger partial charge < -0.3 is 27.1 Å². The number of pyridine rings is 1. The van der Waals surface area contributed by atoms with Crippen molar-refractivity contribution in [3.63, 3.8) is 0 Å². The molecule has 0 radical (unpaired) electrons. The third-order valence-electron chi connectivity index (χ3n) is 5.15. The molecule has 3 rings (SSSR count). The van der Waals surface area contributed by atoms with Gasteiger partial charge in [-0.05, 0) is 55.5 Å². The minimum Gasteiger partial charge on any atom is -0.398 e. The summed E-state index contributed by atoms with van der Waals surface area (Å²) in [6.45, 7) is 4.37. The maximum Gasteiger partial charge on any atom is 0.313 e. The maximum absolute atomic E-state index is 13.0. The molecule has 1 aliphatic rings. The Hall–Kier alpha value is -3.20. The lowest BCUT2D eigenvalue weighted by Gasteiger charge is -2.37. The number of nitrogens with zero attached hydrogens (tertiary/aromatic N) is 2. The molecule has 0 bridgehead atoms. The number of nitrogens with two attached hydrogens (primary N) is 2. The number of anilines is 2. The van der Waals surface area contributed by atoms with Crippen molar-refractivity contribution in [2.45, 2.75) is 32.7 Å². The van der Waals surface area contributed by atoms with Gasteiger partial charge >= 0.3 is 11.8 Å². The average molecular weight is 427 g/mol. The van der Waals surface area contributed by atoms with E-state index in [2.05, 4.69) is 17.2 Å². The number of carbonyl (C=O) groups is 2. The lowest BCUT2D eigenvalue weighted by atomic mass is 9.93. The molecule has 2 aromatic heterocycles. The summed E-state index contributed by atoms with van der Waals surface area (Å²) in [6, 6.07) is 5.33. The van der Waals surface area contributed by atoms with Gasteiger partial charge in [0.05, 0.1) is 28.5 Å². The number of hydrogen-bond donors (Lipinski definition) is 4. The highest BCUT2D eigenvalue weighted by molar-refractivity contribution is 7.13. The fourth-order valence-electron chi connectivity index (χ4n) is 3.50. The third-order valence-corrected chi connectivity index (χ3v) is 6.39. The highest BCUT2D eigenvalue weighted by atomic mass is 32.1. The van der Waals surface area contributed by atoms with E-state index in [4.69, 9.17) is 16.9 Å². The Kier molecular flexibility index (Phi) is 6.51. The molecule has 8 nitrogen and oxygen atoms in total. The normalized spacial score (nSPS) is 19.4. The monoisotopic (exact) mass is 426 g/mol. The number of piperidine rings is 1. The number of nitrogen functional groups attached to an aromatic ring is 1. The van der Waals surface area contributed by atoms with Crippen molar-refractivity contribution in [1.29, 1.82) is 5.41 Å². The molecule has 6 N–H and O–H groups in total. The molecule has 0 spiro atoms. The molecule has 2 amide bonds. The Morgan fingerprint density at radius 1 is 1.37 bits per heavy atom. The van der Waals surface area contributed by atoms with E-state index < -0.39 is 11.8 Å². The topological polar surface area (TPSA) is 138 Å². The van der Waals surface area contributed by atoms with Gasteiger partial charge in [-0.15, -0.1) is 11.3 Å². The van der Waals surface area contributed by atoms with Crippen LogP contribution >= 0.6 is 11.3 Å². The van der Waals surface area contributed by atoms with Crippen LogP contribution in [0.15, 0.2) is 30.5 Å².